The number of rotatable bonds is 4. The average molecular weight is 401 g/mol. The molecule has 3 aliphatic carbocycles. The van der Waals surface area contributed by atoms with Gasteiger partial charge in [0, 0.05) is 0 Å². The number of fused-ring (bicyclic) bond motifs is 5. The molecule has 2 N–H and O–H groups in total. The first-order valence-corrected chi connectivity index (χ1v) is 11.4. The van der Waals surface area contributed by atoms with Gasteiger partial charge in [0.15, 0.2) is 0 Å². The Morgan fingerprint density at radius 1 is 1.14 bits per heavy atom. The van der Waals surface area contributed by atoms with Gasteiger partial charge in [0.2, 0.25) is 0 Å². The number of hydrogen-bond acceptors (Lipinski definition) is 4. The van der Waals surface area contributed by atoms with Crippen molar-refractivity contribution in [3.8, 4) is 5.75 Å². The van der Waals surface area contributed by atoms with E-state index in [1.54, 1.807) is 0 Å². The summed E-state index contributed by atoms with van der Waals surface area (Å²) in [6.45, 7) is 6.13. The van der Waals surface area contributed by atoms with Gasteiger partial charge in [0.05, 0.1) is 18.1 Å². The van der Waals surface area contributed by atoms with Crippen molar-refractivity contribution >= 4 is 5.97 Å². The highest BCUT2D eigenvalue weighted by molar-refractivity contribution is 5.75. The van der Waals surface area contributed by atoms with Crippen LogP contribution >= 0.6 is 0 Å². The molecule has 4 heteroatoms. The third-order valence-electron chi connectivity index (χ3n) is 7.73. The summed E-state index contributed by atoms with van der Waals surface area (Å²) < 4.78 is 5.51. The van der Waals surface area contributed by atoms with E-state index in [0.717, 1.165) is 44.9 Å². The summed E-state index contributed by atoms with van der Waals surface area (Å²) in [5, 5.41) is 20.5. The van der Waals surface area contributed by atoms with Crippen molar-refractivity contribution in [2.24, 2.45) is 29.1 Å². The number of aromatic hydroxyl groups is 1. The number of phenolic OH excluding ortho intramolecular Hbond substituents is 1. The van der Waals surface area contributed by atoms with Crippen LogP contribution in [0, 0.1) is 29.1 Å². The van der Waals surface area contributed by atoms with Crippen LogP contribution < -0.4 is 0 Å². The molecule has 0 heterocycles. The van der Waals surface area contributed by atoms with Crippen molar-refractivity contribution in [1.82, 2.24) is 0 Å². The Labute approximate surface area is 174 Å². The number of ether oxygens (including phenoxy) is 1. The van der Waals surface area contributed by atoms with Crippen LogP contribution in [0.5, 0.6) is 5.75 Å². The maximum absolute atomic E-state index is 12.1. The molecule has 160 valence electrons. The number of carbonyl (C=O) groups excluding carboxylic acids is 1. The largest absolute Gasteiger partial charge is 0.508 e. The van der Waals surface area contributed by atoms with Crippen molar-refractivity contribution in [2.45, 2.75) is 77.7 Å². The first-order chi connectivity index (χ1) is 13.8. The molecule has 0 bridgehead atoms. The van der Waals surface area contributed by atoms with Crippen LogP contribution in [-0.4, -0.2) is 28.9 Å². The molecule has 0 spiro atoms. The lowest BCUT2D eigenvalue weighted by Gasteiger charge is -2.49. The number of phenols is 1. The summed E-state index contributed by atoms with van der Waals surface area (Å²) in [6.07, 6.45) is 7.09. The number of aryl methyl sites for hydroxylation is 1. The molecular formula is C25H36O4. The predicted octanol–water partition coefficient (Wildman–Crippen LogP) is 4.81. The van der Waals surface area contributed by atoms with E-state index in [1.807, 2.05) is 32.9 Å². The second kappa shape index (κ2) is 7.94. The minimum atomic E-state index is -0.457. The van der Waals surface area contributed by atoms with Crippen LogP contribution in [0.25, 0.3) is 0 Å². The molecule has 0 amide bonds. The van der Waals surface area contributed by atoms with Crippen LogP contribution in [0.3, 0.4) is 0 Å². The Morgan fingerprint density at radius 3 is 2.69 bits per heavy atom. The quantitative estimate of drug-likeness (QED) is 0.562. The summed E-state index contributed by atoms with van der Waals surface area (Å²) in [5.41, 5.74) is 2.25. The van der Waals surface area contributed by atoms with E-state index in [2.05, 4.69) is 6.07 Å². The van der Waals surface area contributed by atoms with E-state index in [4.69, 9.17) is 4.74 Å². The number of carbonyl (C=O) groups is 1. The molecule has 1 aromatic rings. The summed E-state index contributed by atoms with van der Waals surface area (Å²) in [4.78, 5) is 12.1. The van der Waals surface area contributed by atoms with Crippen LogP contribution in [0.1, 0.15) is 76.3 Å². The van der Waals surface area contributed by atoms with Crippen LogP contribution in [0.2, 0.25) is 0 Å². The summed E-state index contributed by atoms with van der Waals surface area (Å²) in [6, 6.07) is 5.92. The summed E-state index contributed by atoms with van der Waals surface area (Å²) in [5.74, 6) is 2.92. The van der Waals surface area contributed by atoms with Gasteiger partial charge in [0.25, 0.3) is 0 Å². The Hall–Kier alpha value is -1.55. The van der Waals surface area contributed by atoms with Gasteiger partial charge in [-0.2, -0.15) is 0 Å². The fourth-order valence-electron chi connectivity index (χ4n) is 6.41. The topological polar surface area (TPSA) is 66.8 Å². The Bertz CT molecular complexity index is 750. The zero-order valence-electron chi connectivity index (χ0n) is 18.1. The zero-order chi connectivity index (χ0) is 20.8. The first kappa shape index (κ1) is 20.7. The highest BCUT2D eigenvalue weighted by atomic mass is 16.5. The van der Waals surface area contributed by atoms with Crippen molar-refractivity contribution < 1.29 is 19.7 Å². The second-order valence-electron chi connectivity index (χ2n) is 10.6. The van der Waals surface area contributed by atoms with Crippen LogP contribution in [0.4, 0.5) is 0 Å². The van der Waals surface area contributed by atoms with Crippen LogP contribution in [0.15, 0.2) is 18.2 Å². The van der Waals surface area contributed by atoms with Crippen molar-refractivity contribution in [1.29, 1.82) is 0 Å². The second-order valence-corrected chi connectivity index (χ2v) is 10.6. The molecule has 0 aromatic heterocycles. The van der Waals surface area contributed by atoms with Crippen molar-refractivity contribution in [3.05, 3.63) is 29.3 Å². The molecular weight excluding hydrogens is 364 g/mol. The van der Waals surface area contributed by atoms with Crippen molar-refractivity contribution in [2.75, 3.05) is 6.61 Å². The highest BCUT2D eigenvalue weighted by Gasteiger charge is 2.50. The molecule has 4 unspecified atom stereocenters. The molecule has 4 nitrogen and oxygen atoms in total. The van der Waals surface area contributed by atoms with E-state index >= 15 is 0 Å². The third kappa shape index (κ3) is 4.05. The predicted molar refractivity (Wildman–Crippen MR) is 113 cm³/mol. The molecule has 3 aliphatic rings. The molecule has 0 saturated heterocycles. The standard InChI is InChI=1S/C25H36O4/c1-25(2,3)24(28)29-12-4-5-16-14-21-19(10-11-22(21)27)20-8-6-15-13-17(26)7-9-18(15)23(16)20/h7,9,13,16,19-23,26-27H,4-6,8,10-12,14H2,1-3H3/t16-,19?,20?,21?,22-,23?/m0/s1. The van der Waals surface area contributed by atoms with E-state index < -0.39 is 5.41 Å². The average Bonchev–Trinajstić information content (AvgIpc) is 3.04. The number of hydrogen-bond donors (Lipinski definition) is 2. The van der Waals surface area contributed by atoms with Gasteiger partial charge in [-0.3, -0.25) is 4.79 Å². The maximum atomic E-state index is 12.1. The molecule has 6 atom stereocenters. The van der Waals surface area contributed by atoms with Gasteiger partial charge in [-0.05, 0) is 119 Å². The van der Waals surface area contributed by atoms with Gasteiger partial charge in [-0.1, -0.05) is 6.07 Å². The summed E-state index contributed by atoms with van der Waals surface area (Å²) in [7, 11) is 0. The molecule has 0 radical (unpaired) electrons. The minimum Gasteiger partial charge on any atom is -0.508 e. The minimum absolute atomic E-state index is 0.135. The van der Waals surface area contributed by atoms with E-state index in [0.29, 0.717) is 41.9 Å². The van der Waals surface area contributed by atoms with Gasteiger partial charge >= 0.3 is 5.97 Å². The van der Waals surface area contributed by atoms with E-state index in [-0.39, 0.29) is 12.1 Å². The molecule has 2 saturated carbocycles. The third-order valence-corrected chi connectivity index (χ3v) is 7.73. The lowest BCUT2D eigenvalue weighted by molar-refractivity contribution is -0.153. The SMILES string of the molecule is CC(C)(C)C(=O)OCCC[C@H]1CC2C(CC[C@@H]2O)C2CCc3cc(O)ccc3C21. The highest BCUT2D eigenvalue weighted by Crippen LogP contribution is 2.58. The Kier molecular flexibility index (Phi) is 5.67. The molecule has 1 aromatic carbocycles. The van der Waals surface area contributed by atoms with Gasteiger partial charge in [-0.25, -0.2) is 0 Å². The molecule has 4 rings (SSSR count). The zero-order valence-corrected chi connectivity index (χ0v) is 18.1. The van der Waals surface area contributed by atoms with Gasteiger partial charge in [-0.15, -0.1) is 0 Å². The fraction of sp³-hybridized carbons (Fsp3) is 0.720. The number of aliphatic hydroxyl groups excluding tert-OH is 1. The monoisotopic (exact) mass is 400 g/mol. The maximum Gasteiger partial charge on any atom is 0.311 e. The van der Waals surface area contributed by atoms with E-state index in [1.165, 1.54) is 11.1 Å². The lowest BCUT2D eigenvalue weighted by Crippen LogP contribution is -2.41. The first-order valence-electron chi connectivity index (χ1n) is 11.4. The number of esters is 1. The lowest BCUT2D eigenvalue weighted by atomic mass is 9.56. The Balaban J connectivity index is 1.50. The smallest absolute Gasteiger partial charge is 0.311 e. The van der Waals surface area contributed by atoms with E-state index in [9.17, 15) is 15.0 Å². The number of aliphatic hydroxyl groups is 1. The molecule has 29 heavy (non-hydrogen) atoms. The Morgan fingerprint density at radius 2 is 1.93 bits per heavy atom. The van der Waals surface area contributed by atoms with Crippen LogP contribution in [-0.2, 0) is 16.0 Å². The molecule has 2 fully saturated rings. The van der Waals surface area contributed by atoms with Crippen molar-refractivity contribution in [3.63, 3.8) is 0 Å². The van der Waals surface area contributed by atoms with Gasteiger partial charge in [0.1, 0.15) is 5.75 Å². The van der Waals surface area contributed by atoms with Gasteiger partial charge < -0.3 is 14.9 Å². The summed E-state index contributed by atoms with van der Waals surface area (Å²) >= 11 is 0. The molecule has 0 aliphatic heterocycles. The fourth-order valence-corrected chi connectivity index (χ4v) is 6.41. The normalized spacial score (nSPS) is 33.5. The number of benzene rings is 1.